The van der Waals surface area contributed by atoms with Crippen LogP contribution < -0.4 is 10.9 Å². The van der Waals surface area contributed by atoms with Gasteiger partial charge in [0.1, 0.15) is 0 Å². The number of hydrogen-bond donors (Lipinski definition) is 2. The van der Waals surface area contributed by atoms with E-state index in [9.17, 15) is 18.0 Å². The second-order valence-electron chi connectivity index (χ2n) is 9.98. The Morgan fingerprint density at radius 1 is 0.946 bits per heavy atom. The zero-order valence-corrected chi connectivity index (χ0v) is 21.9. The molecule has 2 aliphatic heterocycles. The van der Waals surface area contributed by atoms with E-state index >= 15 is 0 Å². The highest BCUT2D eigenvalue weighted by atomic mass is 32.2. The molecule has 2 N–H and O–H groups in total. The molecule has 2 aromatic carbocycles. The van der Waals surface area contributed by atoms with Gasteiger partial charge in [-0.05, 0) is 55.0 Å². The maximum atomic E-state index is 13.3. The smallest absolute Gasteiger partial charge is 0.252 e. The van der Waals surface area contributed by atoms with Gasteiger partial charge in [0, 0.05) is 56.2 Å². The summed E-state index contributed by atoms with van der Waals surface area (Å²) in [6.07, 6.45) is 5.56. The minimum atomic E-state index is -3.68. The summed E-state index contributed by atoms with van der Waals surface area (Å²) >= 11 is 0. The molecule has 1 saturated heterocycles. The van der Waals surface area contributed by atoms with Crippen molar-refractivity contribution >= 4 is 26.8 Å². The lowest BCUT2D eigenvalue weighted by molar-refractivity contribution is 0.0952. The van der Waals surface area contributed by atoms with Crippen LogP contribution in [0.2, 0.25) is 0 Å². The summed E-state index contributed by atoms with van der Waals surface area (Å²) in [7, 11) is -3.68. The summed E-state index contributed by atoms with van der Waals surface area (Å²) in [6, 6.07) is 14.4. The first-order valence-electron chi connectivity index (χ1n) is 13.2. The Bertz CT molecular complexity index is 1440. The summed E-state index contributed by atoms with van der Waals surface area (Å²) < 4.78 is 28.2. The van der Waals surface area contributed by atoms with E-state index in [1.165, 1.54) is 33.6 Å². The number of amides is 1. The number of carbonyl (C=O) groups is 1. The predicted octanol–water partition coefficient (Wildman–Crippen LogP) is 3.27. The first kappa shape index (κ1) is 25.6. The van der Waals surface area contributed by atoms with Crippen LogP contribution in [0.15, 0.2) is 58.2 Å². The van der Waals surface area contributed by atoms with E-state index in [1.54, 1.807) is 6.07 Å². The number of rotatable bonds is 7. The molecule has 3 heterocycles. The van der Waals surface area contributed by atoms with Crippen LogP contribution in [0.3, 0.4) is 0 Å². The van der Waals surface area contributed by atoms with Crippen molar-refractivity contribution in [1.29, 1.82) is 0 Å². The molecule has 1 fully saturated rings. The molecule has 0 aliphatic carbocycles. The fraction of sp³-hybridized carbons (Fsp3) is 0.429. The zero-order chi connectivity index (χ0) is 25.8. The van der Waals surface area contributed by atoms with Crippen LogP contribution in [0, 0.1) is 0 Å². The molecule has 196 valence electrons. The van der Waals surface area contributed by atoms with Gasteiger partial charge in [0.15, 0.2) is 0 Å². The van der Waals surface area contributed by atoms with Crippen molar-refractivity contribution in [1.82, 2.24) is 19.5 Å². The fourth-order valence-electron chi connectivity index (χ4n) is 5.36. The summed E-state index contributed by atoms with van der Waals surface area (Å²) in [5.74, 6) is -0.371. The first-order valence-corrected chi connectivity index (χ1v) is 14.6. The van der Waals surface area contributed by atoms with Crippen molar-refractivity contribution in [3.05, 3.63) is 75.6 Å². The summed E-state index contributed by atoms with van der Waals surface area (Å²) in [5, 5.41) is 3.36. The Balaban J connectivity index is 1.27. The molecule has 1 amide bonds. The average molecular weight is 523 g/mol. The van der Waals surface area contributed by atoms with Crippen LogP contribution in [-0.4, -0.2) is 61.2 Å². The van der Waals surface area contributed by atoms with E-state index in [1.807, 2.05) is 0 Å². The van der Waals surface area contributed by atoms with E-state index < -0.39 is 15.6 Å². The van der Waals surface area contributed by atoms with Gasteiger partial charge in [0.2, 0.25) is 15.6 Å². The minimum Gasteiger partial charge on any atom is -0.352 e. The zero-order valence-electron chi connectivity index (χ0n) is 21.0. The van der Waals surface area contributed by atoms with Gasteiger partial charge in [-0.3, -0.25) is 14.5 Å². The molecule has 37 heavy (non-hydrogen) atoms. The van der Waals surface area contributed by atoms with Gasteiger partial charge in [-0.25, -0.2) is 8.42 Å². The number of H-pyrrole nitrogens is 1. The van der Waals surface area contributed by atoms with Gasteiger partial charge in [-0.15, -0.1) is 0 Å². The number of sulfonamides is 1. The Morgan fingerprint density at radius 2 is 1.70 bits per heavy atom. The Kier molecular flexibility index (Phi) is 7.73. The van der Waals surface area contributed by atoms with Gasteiger partial charge in [-0.1, -0.05) is 37.1 Å². The normalized spacial score (nSPS) is 17.3. The van der Waals surface area contributed by atoms with Gasteiger partial charge >= 0.3 is 0 Å². The lowest BCUT2D eigenvalue weighted by Gasteiger charge is -2.28. The molecule has 0 bridgehead atoms. The maximum absolute atomic E-state index is 13.3. The standard InChI is InChI=1S/C28H34N4O4S/c33-27-19-25(28(34)29-13-7-14-31-17-12-21-8-3-4-9-22(21)20-31)24-18-23(10-11-26(24)30-27)37(35,36)32-15-5-1-2-6-16-32/h3-4,8-11,18-19H,1-2,5-7,12-17,20H2,(H,29,34)(H,30,33). The third kappa shape index (κ3) is 5.79. The number of aromatic amines is 1. The van der Waals surface area contributed by atoms with Crippen LogP contribution in [-0.2, 0) is 23.0 Å². The van der Waals surface area contributed by atoms with Crippen molar-refractivity contribution in [2.24, 2.45) is 0 Å². The fourth-order valence-corrected chi connectivity index (χ4v) is 6.90. The molecule has 2 aliphatic rings. The number of pyridine rings is 1. The van der Waals surface area contributed by atoms with Crippen molar-refractivity contribution in [2.45, 2.75) is 50.0 Å². The molecule has 0 spiro atoms. The van der Waals surface area contributed by atoms with Crippen molar-refractivity contribution < 1.29 is 13.2 Å². The number of fused-ring (bicyclic) bond motifs is 2. The average Bonchev–Trinajstić information content (AvgIpc) is 3.20. The predicted molar refractivity (Wildman–Crippen MR) is 144 cm³/mol. The Hall–Kier alpha value is -3.01. The molecule has 8 nitrogen and oxygen atoms in total. The number of benzene rings is 2. The SMILES string of the molecule is O=C(NCCCN1CCc2ccccc2C1)c1cc(=O)[nH]c2ccc(S(=O)(=O)N3CCCCCC3)cc12. The summed E-state index contributed by atoms with van der Waals surface area (Å²) in [4.78, 5) is 30.6. The van der Waals surface area contributed by atoms with Gasteiger partial charge in [0.05, 0.1) is 10.5 Å². The molecular weight excluding hydrogens is 488 g/mol. The molecule has 0 atom stereocenters. The third-order valence-electron chi connectivity index (χ3n) is 7.41. The van der Waals surface area contributed by atoms with E-state index in [0.29, 0.717) is 30.5 Å². The van der Waals surface area contributed by atoms with Crippen LogP contribution in [0.5, 0.6) is 0 Å². The highest BCUT2D eigenvalue weighted by Crippen LogP contribution is 2.25. The molecule has 5 rings (SSSR count). The highest BCUT2D eigenvalue weighted by Gasteiger charge is 2.26. The van der Waals surface area contributed by atoms with Crippen LogP contribution in [0.1, 0.15) is 53.6 Å². The maximum Gasteiger partial charge on any atom is 0.252 e. The third-order valence-corrected chi connectivity index (χ3v) is 9.30. The van der Waals surface area contributed by atoms with Crippen LogP contribution in [0.4, 0.5) is 0 Å². The second kappa shape index (κ2) is 11.2. The summed E-state index contributed by atoms with van der Waals surface area (Å²) in [5.41, 5.74) is 3.01. The molecule has 0 radical (unpaired) electrons. The molecule has 9 heteroatoms. The molecule has 1 aromatic heterocycles. The minimum absolute atomic E-state index is 0.147. The van der Waals surface area contributed by atoms with Crippen LogP contribution >= 0.6 is 0 Å². The quantitative estimate of drug-likeness (QED) is 0.464. The van der Waals surface area contributed by atoms with Crippen molar-refractivity contribution in [2.75, 3.05) is 32.7 Å². The molecule has 3 aromatic rings. The van der Waals surface area contributed by atoms with Gasteiger partial charge in [0.25, 0.3) is 5.91 Å². The molecular formula is C28H34N4O4S. The van der Waals surface area contributed by atoms with Crippen molar-refractivity contribution in [3.8, 4) is 0 Å². The number of hydrogen-bond acceptors (Lipinski definition) is 5. The Morgan fingerprint density at radius 3 is 2.49 bits per heavy atom. The van der Waals surface area contributed by atoms with Gasteiger partial charge in [-0.2, -0.15) is 4.31 Å². The summed E-state index contributed by atoms with van der Waals surface area (Å²) in [6.45, 7) is 4.25. The second-order valence-corrected chi connectivity index (χ2v) is 11.9. The van der Waals surface area contributed by atoms with E-state index in [-0.39, 0.29) is 16.4 Å². The topological polar surface area (TPSA) is 103 Å². The van der Waals surface area contributed by atoms with E-state index in [2.05, 4.69) is 39.5 Å². The lowest BCUT2D eigenvalue weighted by Crippen LogP contribution is -2.34. The highest BCUT2D eigenvalue weighted by molar-refractivity contribution is 7.89. The molecule has 0 unspecified atom stereocenters. The van der Waals surface area contributed by atoms with E-state index in [4.69, 9.17) is 0 Å². The number of nitrogens with one attached hydrogen (secondary N) is 2. The van der Waals surface area contributed by atoms with Crippen LogP contribution in [0.25, 0.3) is 10.9 Å². The monoisotopic (exact) mass is 522 g/mol. The molecule has 0 saturated carbocycles. The number of aromatic nitrogens is 1. The van der Waals surface area contributed by atoms with E-state index in [0.717, 1.165) is 58.2 Å². The Labute approximate surface area is 217 Å². The number of nitrogens with zero attached hydrogens (tertiary/aromatic N) is 2. The first-order chi connectivity index (χ1) is 17.9. The van der Waals surface area contributed by atoms with Crippen molar-refractivity contribution in [3.63, 3.8) is 0 Å². The van der Waals surface area contributed by atoms with Gasteiger partial charge < -0.3 is 10.3 Å². The largest absolute Gasteiger partial charge is 0.352 e. The number of carbonyl (C=O) groups excluding carboxylic acids is 1. The lowest BCUT2D eigenvalue weighted by atomic mass is 10.00.